The predicted molar refractivity (Wildman–Crippen MR) is 117 cm³/mol. The molecule has 0 amide bonds. The zero-order valence-corrected chi connectivity index (χ0v) is 16.6. The van der Waals surface area contributed by atoms with Crippen molar-refractivity contribution in [3.8, 4) is 5.75 Å². The maximum absolute atomic E-state index is 11.3. The van der Waals surface area contributed by atoms with E-state index in [-0.39, 0.29) is 5.97 Å². The molecule has 0 fully saturated rings. The molecule has 3 aromatic carbocycles. The Hall–Kier alpha value is -3.53. The molecule has 0 saturated carbocycles. The Kier molecular flexibility index (Phi) is 7.06. The van der Waals surface area contributed by atoms with Gasteiger partial charge in [-0.2, -0.15) is 0 Å². The van der Waals surface area contributed by atoms with Crippen molar-refractivity contribution >= 4 is 23.0 Å². The second kappa shape index (κ2) is 10.1. The summed E-state index contributed by atoms with van der Waals surface area (Å²) in [5.41, 5.74) is 3.63. The van der Waals surface area contributed by atoms with E-state index in [2.05, 4.69) is 35.7 Å². The number of anilines is 3. The van der Waals surface area contributed by atoms with Crippen molar-refractivity contribution in [2.75, 3.05) is 18.1 Å². The van der Waals surface area contributed by atoms with Crippen LogP contribution in [0.4, 0.5) is 17.1 Å². The maximum atomic E-state index is 11.3. The van der Waals surface area contributed by atoms with Gasteiger partial charge in [0.2, 0.25) is 0 Å². The smallest absolute Gasteiger partial charge is 0.333 e. The highest BCUT2D eigenvalue weighted by Gasteiger charge is 2.11. The largest absolute Gasteiger partial charge is 0.493 e. The first-order chi connectivity index (χ1) is 14.1. The number of carbonyl (C=O) groups excluding carboxylic acids is 1. The Bertz CT molecular complexity index is 882. The highest BCUT2D eigenvalue weighted by atomic mass is 16.5. The first kappa shape index (κ1) is 20.2. The second-order valence-corrected chi connectivity index (χ2v) is 6.62. The van der Waals surface area contributed by atoms with Crippen molar-refractivity contribution in [3.05, 3.63) is 97.1 Å². The van der Waals surface area contributed by atoms with Crippen LogP contribution >= 0.6 is 0 Å². The lowest BCUT2D eigenvalue weighted by Gasteiger charge is -2.25. The summed E-state index contributed by atoms with van der Waals surface area (Å²) >= 11 is 0. The molecule has 0 aliphatic carbocycles. The molecule has 0 unspecified atom stereocenters. The molecule has 3 aromatic rings. The van der Waals surface area contributed by atoms with Crippen LogP contribution < -0.4 is 9.64 Å². The van der Waals surface area contributed by atoms with Crippen LogP contribution in [0, 0.1) is 0 Å². The lowest BCUT2D eigenvalue weighted by molar-refractivity contribution is -0.139. The summed E-state index contributed by atoms with van der Waals surface area (Å²) in [5.74, 6) is 0.414. The topological polar surface area (TPSA) is 38.8 Å². The average Bonchev–Trinajstić information content (AvgIpc) is 2.76. The number of hydrogen-bond acceptors (Lipinski definition) is 4. The van der Waals surface area contributed by atoms with Gasteiger partial charge in [-0.25, -0.2) is 4.79 Å². The molecule has 29 heavy (non-hydrogen) atoms. The number of esters is 1. The third kappa shape index (κ3) is 5.72. The molecular formula is C25H25NO3. The van der Waals surface area contributed by atoms with Crippen molar-refractivity contribution in [2.45, 2.75) is 13.3 Å². The summed E-state index contributed by atoms with van der Waals surface area (Å²) in [4.78, 5) is 13.5. The molecule has 0 aliphatic rings. The van der Waals surface area contributed by atoms with Gasteiger partial charge in [0.1, 0.15) is 5.75 Å². The molecular weight excluding hydrogens is 362 g/mol. The van der Waals surface area contributed by atoms with Crippen LogP contribution in [-0.4, -0.2) is 19.2 Å². The van der Waals surface area contributed by atoms with Gasteiger partial charge in [-0.15, -0.1) is 0 Å². The van der Waals surface area contributed by atoms with Gasteiger partial charge in [0.05, 0.1) is 13.2 Å². The van der Waals surface area contributed by atoms with Crippen LogP contribution in [0.5, 0.6) is 5.75 Å². The van der Waals surface area contributed by atoms with E-state index in [4.69, 9.17) is 9.47 Å². The van der Waals surface area contributed by atoms with Crippen LogP contribution in [-0.2, 0) is 9.53 Å². The Balaban J connectivity index is 1.64. The Labute approximate surface area is 172 Å². The van der Waals surface area contributed by atoms with Crippen molar-refractivity contribution < 1.29 is 14.3 Å². The Morgan fingerprint density at radius 1 is 0.793 bits per heavy atom. The minimum absolute atomic E-state index is 0.319. The quantitative estimate of drug-likeness (QED) is 0.255. The van der Waals surface area contributed by atoms with Crippen LogP contribution in [0.25, 0.3) is 0 Å². The lowest BCUT2D eigenvalue weighted by atomic mass is 10.2. The molecule has 148 valence electrons. The molecule has 4 heteroatoms. The monoisotopic (exact) mass is 387 g/mol. The molecule has 4 nitrogen and oxygen atoms in total. The van der Waals surface area contributed by atoms with Gasteiger partial charge in [-0.3, -0.25) is 0 Å². The minimum Gasteiger partial charge on any atom is -0.493 e. The molecule has 0 radical (unpaired) electrons. The first-order valence-corrected chi connectivity index (χ1v) is 9.61. The maximum Gasteiger partial charge on any atom is 0.333 e. The summed E-state index contributed by atoms with van der Waals surface area (Å²) in [6.45, 7) is 5.99. The van der Waals surface area contributed by atoms with Gasteiger partial charge < -0.3 is 14.4 Å². The number of carbonyl (C=O) groups is 1. The third-order valence-corrected chi connectivity index (χ3v) is 4.26. The van der Waals surface area contributed by atoms with Gasteiger partial charge >= 0.3 is 5.97 Å². The number of rotatable bonds is 9. The summed E-state index contributed by atoms with van der Waals surface area (Å²) < 4.78 is 10.8. The van der Waals surface area contributed by atoms with E-state index in [1.165, 1.54) is 0 Å². The first-order valence-electron chi connectivity index (χ1n) is 9.61. The van der Waals surface area contributed by atoms with Crippen molar-refractivity contribution in [1.82, 2.24) is 0 Å². The minimum atomic E-state index is -0.365. The molecule has 0 aliphatic heterocycles. The number of para-hydroxylation sites is 2. The normalized spacial score (nSPS) is 10.2. The Morgan fingerprint density at radius 3 is 1.83 bits per heavy atom. The number of benzene rings is 3. The van der Waals surface area contributed by atoms with E-state index in [0.717, 1.165) is 22.8 Å². The van der Waals surface area contributed by atoms with Crippen LogP contribution in [0.1, 0.15) is 13.3 Å². The second-order valence-electron chi connectivity index (χ2n) is 6.62. The van der Waals surface area contributed by atoms with Crippen molar-refractivity contribution in [1.29, 1.82) is 0 Å². The fraction of sp³-hybridized carbons (Fsp3) is 0.160. The van der Waals surface area contributed by atoms with Gasteiger partial charge in [-0.05, 0) is 55.5 Å². The van der Waals surface area contributed by atoms with Crippen molar-refractivity contribution in [2.24, 2.45) is 0 Å². The number of ether oxygens (including phenoxy) is 2. The molecule has 0 N–H and O–H groups in total. The van der Waals surface area contributed by atoms with Crippen LogP contribution in [0.15, 0.2) is 97.1 Å². The molecule has 0 spiro atoms. The van der Waals surface area contributed by atoms with Crippen molar-refractivity contribution in [3.63, 3.8) is 0 Å². The standard InChI is InChI=1S/C25H25NO3/c1-20(2)25(27)29-19-9-18-28-24-16-14-23(15-17-24)26(21-10-5-3-6-11-21)22-12-7-4-8-13-22/h3-8,10-17H,1,9,18-19H2,2H3. The van der Waals surface area contributed by atoms with Gasteiger partial charge in [-0.1, -0.05) is 43.0 Å². The van der Waals surface area contributed by atoms with Gasteiger partial charge in [0.15, 0.2) is 0 Å². The zero-order valence-electron chi connectivity index (χ0n) is 16.6. The molecule has 0 saturated heterocycles. The van der Waals surface area contributed by atoms with E-state index < -0.39 is 0 Å². The predicted octanol–water partition coefficient (Wildman–Crippen LogP) is 6.04. The number of nitrogens with zero attached hydrogens (tertiary/aromatic N) is 1. The van der Waals surface area contributed by atoms with Gasteiger partial charge in [0, 0.05) is 29.1 Å². The van der Waals surface area contributed by atoms with E-state index >= 15 is 0 Å². The molecule has 0 heterocycles. The fourth-order valence-electron chi connectivity index (χ4n) is 2.83. The SMILES string of the molecule is C=C(C)C(=O)OCCCOc1ccc(N(c2ccccc2)c2ccccc2)cc1. The van der Waals surface area contributed by atoms with E-state index in [1.54, 1.807) is 6.92 Å². The summed E-state index contributed by atoms with van der Waals surface area (Å²) in [6.07, 6.45) is 0.626. The summed E-state index contributed by atoms with van der Waals surface area (Å²) in [6, 6.07) is 28.5. The van der Waals surface area contributed by atoms with Crippen LogP contribution in [0.2, 0.25) is 0 Å². The van der Waals surface area contributed by atoms with Gasteiger partial charge in [0.25, 0.3) is 0 Å². The number of hydrogen-bond donors (Lipinski definition) is 0. The van der Waals surface area contributed by atoms with E-state index in [9.17, 15) is 4.79 Å². The Morgan fingerprint density at radius 2 is 1.31 bits per heavy atom. The highest BCUT2D eigenvalue weighted by Crippen LogP contribution is 2.34. The van der Waals surface area contributed by atoms with E-state index in [0.29, 0.717) is 25.2 Å². The zero-order chi connectivity index (χ0) is 20.5. The fourth-order valence-corrected chi connectivity index (χ4v) is 2.83. The van der Waals surface area contributed by atoms with E-state index in [1.807, 2.05) is 60.7 Å². The molecule has 0 aromatic heterocycles. The highest BCUT2D eigenvalue weighted by molar-refractivity contribution is 5.86. The summed E-state index contributed by atoms with van der Waals surface area (Å²) in [7, 11) is 0. The van der Waals surface area contributed by atoms with Crippen LogP contribution in [0.3, 0.4) is 0 Å². The average molecular weight is 387 g/mol. The molecule has 0 atom stereocenters. The molecule has 3 rings (SSSR count). The lowest BCUT2D eigenvalue weighted by Crippen LogP contribution is -2.10. The molecule has 0 bridgehead atoms. The summed E-state index contributed by atoms with van der Waals surface area (Å²) in [5, 5.41) is 0. The third-order valence-electron chi connectivity index (χ3n) is 4.26.